The van der Waals surface area contributed by atoms with Crippen molar-refractivity contribution in [3.63, 3.8) is 0 Å². The van der Waals surface area contributed by atoms with E-state index in [4.69, 9.17) is 9.63 Å². The molecule has 1 N–H and O–H groups in total. The third kappa shape index (κ3) is 1.82. The predicted molar refractivity (Wildman–Crippen MR) is 40.9 cm³/mol. The van der Waals surface area contributed by atoms with Gasteiger partial charge in [-0.05, 0) is 14.1 Å². The van der Waals surface area contributed by atoms with Crippen LogP contribution in [-0.2, 0) is 6.54 Å². The number of hydrogen-bond acceptors (Lipinski definition) is 4. The Morgan fingerprint density at radius 3 is 2.92 bits per heavy atom. The van der Waals surface area contributed by atoms with Crippen LogP contribution in [0.1, 0.15) is 16.1 Å². The monoisotopic (exact) mass is 170 g/mol. The minimum atomic E-state index is -1.01. The lowest BCUT2D eigenvalue weighted by Crippen LogP contribution is -2.12. The van der Waals surface area contributed by atoms with Crippen molar-refractivity contribution in [1.82, 2.24) is 10.1 Å². The second-order valence-electron chi connectivity index (χ2n) is 2.71. The zero-order valence-corrected chi connectivity index (χ0v) is 6.94. The number of aromatic carboxylic acids is 1. The van der Waals surface area contributed by atoms with Gasteiger partial charge in [-0.1, -0.05) is 5.16 Å². The van der Waals surface area contributed by atoms with E-state index in [1.165, 1.54) is 6.20 Å². The van der Waals surface area contributed by atoms with Crippen LogP contribution in [0.15, 0.2) is 10.7 Å². The number of carboxylic acids is 1. The molecular formula is C7H10N2O3. The van der Waals surface area contributed by atoms with Crippen LogP contribution >= 0.6 is 0 Å². The van der Waals surface area contributed by atoms with Gasteiger partial charge in [-0.15, -0.1) is 0 Å². The Hall–Kier alpha value is -1.36. The molecule has 5 heteroatoms. The Labute approximate surface area is 69.6 Å². The summed E-state index contributed by atoms with van der Waals surface area (Å²) in [5.74, 6) is -0.624. The molecule has 1 aromatic heterocycles. The maximum absolute atomic E-state index is 10.5. The number of aromatic nitrogens is 1. The Bertz CT molecular complexity index is 280. The molecule has 0 atom stereocenters. The molecule has 0 unspecified atom stereocenters. The first-order chi connectivity index (χ1) is 5.61. The summed E-state index contributed by atoms with van der Waals surface area (Å²) in [6.45, 7) is 0.446. The van der Waals surface area contributed by atoms with Gasteiger partial charge in [0.2, 0.25) is 0 Å². The van der Waals surface area contributed by atoms with Crippen molar-refractivity contribution in [3.05, 3.63) is 17.5 Å². The van der Waals surface area contributed by atoms with E-state index in [2.05, 4.69) is 5.16 Å². The first-order valence-corrected chi connectivity index (χ1v) is 3.43. The SMILES string of the molecule is CN(C)Cc1oncc1C(=O)O. The standard InChI is InChI=1S/C7H10N2O3/c1-9(2)4-6-5(7(10)11)3-8-12-6/h3H,4H2,1-2H3,(H,10,11). The molecule has 0 radical (unpaired) electrons. The lowest BCUT2D eigenvalue weighted by molar-refractivity contribution is 0.0693. The topological polar surface area (TPSA) is 66.6 Å². The van der Waals surface area contributed by atoms with Crippen LogP contribution in [0, 0.1) is 0 Å². The van der Waals surface area contributed by atoms with E-state index in [9.17, 15) is 4.79 Å². The maximum Gasteiger partial charge on any atom is 0.341 e. The van der Waals surface area contributed by atoms with Crippen LogP contribution in [0.3, 0.4) is 0 Å². The minimum absolute atomic E-state index is 0.128. The highest BCUT2D eigenvalue weighted by Crippen LogP contribution is 2.08. The Morgan fingerprint density at radius 2 is 2.42 bits per heavy atom. The highest BCUT2D eigenvalue weighted by atomic mass is 16.5. The smallest absolute Gasteiger partial charge is 0.341 e. The molecule has 0 bridgehead atoms. The molecule has 1 aromatic rings. The lowest BCUT2D eigenvalue weighted by atomic mass is 10.2. The third-order valence-electron chi connectivity index (χ3n) is 1.34. The van der Waals surface area contributed by atoms with E-state index in [0.29, 0.717) is 12.3 Å². The van der Waals surface area contributed by atoms with E-state index < -0.39 is 5.97 Å². The summed E-state index contributed by atoms with van der Waals surface area (Å²) in [5, 5.41) is 12.1. The van der Waals surface area contributed by atoms with Crippen molar-refractivity contribution >= 4 is 5.97 Å². The second-order valence-corrected chi connectivity index (χ2v) is 2.71. The van der Waals surface area contributed by atoms with Crippen molar-refractivity contribution < 1.29 is 14.4 Å². The number of carboxylic acid groups (broad SMARTS) is 1. The van der Waals surface area contributed by atoms with Crippen molar-refractivity contribution in [1.29, 1.82) is 0 Å². The number of hydrogen-bond donors (Lipinski definition) is 1. The van der Waals surface area contributed by atoms with Gasteiger partial charge in [0.25, 0.3) is 0 Å². The fourth-order valence-electron chi connectivity index (χ4n) is 0.840. The summed E-state index contributed by atoms with van der Waals surface area (Å²) in [6, 6.07) is 0. The fraction of sp³-hybridized carbons (Fsp3) is 0.429. The van der Waals surface area contributed by atoms with Crippen LogP contribution in [0.25, 0.3) is 0 Å². The summed E-state index contributed by atoms with van der Waals surface area (Å²) in [4.78, 5) is 12.4. The van der Waals surface area contributed by atoms with Crippen molar-refractivity contribution in [2.75, 3.05) is 14.1 Å². The largest absolute Gasteiger partial charge is 0.478 e. The lowest BCUT2D eigenvalue weighted by Gasteiger charge is -2.05. The average molecular weight is 170 g/mol. The molecule has 1 rings (SSSR count). The molecule has 0 aliphatic rings. The van der Waals surface area contributed by atoms with Gasteiger partial charge in [0.05, 0.1) is 12.7 Å². The Morgan fingerprint density at radius 1 is 1.75 bits per heavy atom. The molecule has 0 aliphatic heterocycles. The van der Waals surface area contributed by atoms with E-state index >= 15 is 0 Å². The normalized spacial score (nSPS) is 10.6. The van der Waals surface area contributed by atoms with Crippen LogP contribution in [0.2, 0.25) is 0 Å². The van der Waals surface area contributed by atoms with Crippen LogP contribution < -0.4 is 0 Å². The average Bonchev–Trinajstić information content (AvgIpc) is 2.33. The van der Waals surface area contributed by atoms with Crippen LogP contribution in [0.4, 0.5) is 0 Å². The minimum Gasteiger partial charge on any atom is -0.478 e. The number of rotatable bonds is 3. The maximum atomic E-state index is 10.5. The molecule has 0 saturated carbocycles. The van der Waals surface area contributed by atoms with Gasteiger partial charge >= 0.3 is 5.97 Å². The summed E-state index contributed by atoms with van der Waals surface area (Å²) in [7, 11) is 3.66. The van der Waals surface area contributed by atoms with E-state index in [0.717, 1.165) is 0 Å². The van der Waals surface area contributed by atoms with Crippen LogP contribution in [0.5, 0.6) is 0 Å². The quantitative estimate of drug-likeness (QED) is 0.712. The molecule has 0 fully saturated rings. The summed E-state index contributed by atoms with van der Waals surface area (Å²) in [6.07, 6.45) is 1.21. The first-order valence-electron chi connectivity index (χ1n) is 3.43. The first kappa shape index (κ1) is 8.73. The third-order valence-corrected chi connectivity index (χ3v) is 1.34. The molecule has 0 aromatic carbocycles. The van der Waals surface area contributed by atoms with Gasteiger partial charge in [-0.3, -0.25) is 0 Å². The fourth-order valence-corrected chi connectivity index (χ4v) is 0.840. The molecular weight excluding hydrogens is 160 g/mol. The number of nitrogens with zero attached hydrogens (tertiary/aromatic N) is 2. The zero-order valence-electron chi connectivity index (χ0n) is 6.94. The van der Waals surface area contributed by atoms with Gasteiger partial charge in [0.15, 0.2) is 5.76 Å². The second kappa shape index (κ2) is 3.36. The highest BCUT2D eigenvalue weighted by Gasteiger charge is 2.14. The molecule has 0 saturated heterocycles. The van der Waals surface area contributed by atoms with Crippen molar-refractivity contribution in [3.8, 4) is 0 Å². The van der Waals surface area contributed by atoms with Gasteiger partial charge in [0.1, 0.15) is 5.56 Å². The van der Waals surface area contributed by atoms with Crippen LogP contribution in [-0.4, -0.2) is 35.2 Å². The molecule has 1 heterocycles. The predicted octanol–water partition coefficient (Wildman–Crippen LogP) is 0.434. The Kier molecular flexibility index (Phi) is 2.44. The van der Waals surface area contributed by atoms with E-state index in [-0.39, 0.29) is 5.56 Å². The molecule has 5 nitrogen and oxygen atoms in total. The molecule has 0 spiro atoms. The zero-order chi connectivity index (χ0) is 9.14. The number of carbonyl (C=O) groups is 1. The van der Waals surface area contributed by atoms with Crippen molar-refractivity contribution in [2.45, 2.75) is 6.54 Å². The van der Waals surface area contributed by atoms with Gasteiger partial charge in [-0.2, -0.15) is 0 Å². The summed E-state index contributed by atoms with van der Waals surface area (Å²) < 4.78 is 4.76. The van der Waals surface area contributed by atoms with Gasteiger partial charge in [-0.25, -0.2) is 4.79 Å². The van der Waals surface area contributed by atoms with Gasteiger partial charge < -0.3 is 14.5 Å². The summed E-state index contributed by atoms with van der Waals surface area (Å²) in [5.41, 5.74) is 0.128. The van der Waals surface area contributed by atoms with E-state index in [1.807, 2.05) is 19.0 Å². The summed E-state index contributed by atoms with van der Waals surface area (Å²) >= 11 is 0. The Balaban J connectivity index is 2.84. The van der Waals surface area contributed by atoms with Crippen molar-refractivity contribution in [2.24, 2.45) is 0 Å². The highest BCUT2D eigenvalue weighted by molar-refractivity contribution is 5.88. The molecule has 12 heavy (non-hydrogen) atoms. The van der Waals surface area contributed by atoms with Gasteiger partial charge in [0, 0.05) is 0 Å². The molecule has 66 valence electrons. The molecule has 0 aliphatic carbocycles. The van der Waals surface area contributed by atoms with E-state index in [1.54, 1.807) is 0 Å². The molecule has 0 amide bonds.